The van der Waals surface area contributed by atoms with E-state index in [0.717, 1.165) is 10.9 Å². The Morgan fingerprint density at radius 2 is 1.85 bits per heavy atom. The molecule has 0 radical (unpaired) electrons. The molecular formula is C19H20ClN3O3S. The van der Waals surface area contributed by atoms with E-state index in [0.29, 0.717) is 11.5 Å². The van der Waals surface area contributed by atoms with E-state index in [1.807, 2.05) is 13.8 Å². The van der Waals surface area contributed by atoms with Crippen molar-refractivity contribution in [3.8, 4) is 0 Å². The largest absolute Gasteiger partial charge is 0.340 e. The van der Waals surface area contributed by atoms with Crippen molar-refractivity contribution in [3.05, 3.63) is 58.0 Å². The predicted octanol–water partition coefficient (Wildman–Crippen LogP) is 4.17. The second-order valence-electron chi connectivity index (χ2n) is 6.44. The molecule has 0 fully saturated rings. The van der Waals surface area contributed by atoms with Crippen molar-refractivity contribution >= 4 is 43.8 Å². The number of aromatic nitrogens is 2. The van der Waals surface area contributed by atoms with Crippen molar-refractivity contribution in [1.29, 1.82) is 0 Å². The number of hydrogen-bond donors (Lipinski definition) is 1. The lowest BCUT2D eigenvalue weighted by atomic mass is 10.2. The third-order valence-electron chi connectivity index (χ3n) is 4.26. The standard InChI is InChI=1S/C19H20ClN3O3S/c1-4-27(25,26)15-7-5-14(6-8-15)22-18-10-17-13(11-21-18)9-16(20)19(24)23(17)12(2)3/h5-12H,4H2,1-3H3,(H,21,22). The summed E-state index contributed by atoms with van der Waals surface area (Å²) in [5.41, 5.74) is 1.18. The average molecular weight is 406 g/mol. The van der Waals surface area contributed by atoms with E-state index in [1.54, 1.807) is 54.1 Å². The molecule has 6 nitrogen and oxygen atoms in total. The number of rotatable bonds is 5. The van der Waals surface area contributed by atoms with Gasteiger partial charge in [-0.25, -0.2) is 13.4 Å². The first-order valence-electron chi connectivity index (χ1n) is 8.53. The van der Waals surface area contributed by atoms with Crippen LogP contribution in [0, 0.1) is 0 Å². The minimum atomic E-state index is -3.23. The molecule has 1 N–H and O–H groups in total. The van der Waals surface area contributed by atoms with Crippen LogP contribution in [0.2, 0.25) is 5.02 Å². The lowest BCUT2D eigenvalue weighted by Gasteiger charge is -2.15. The van der Waals surface area contributed by atoms with Crippen molar-refractivity contribution in [2.24, 2.45) is 0 Å². The number of anilines is 2. The predicted molar refractivity (Wildman–Crippen MR) is 109 cm³/mol. The summed E-state index contributed by atoms with van der Waals surface area (Å²) in [5.74, 6) is 0.603. The Bertz CT molecular complexity index is 1150. The molecule has 0 saturated carbocycles. The number of pyridine rings is 2. The summed E-state index contributed by atoms with van der Waals surface area (Å²) < 4.78 is 25.4. The number of halogens is 1. The normalized spacial score (nSPS) is 11.9. The molecule has 0 bridgehead atoms. The molecule has 0 aliphatic heterocycles. The molecule has 0 spiro atoms. The zero-order valence-corrected chi connectivity index (χ0v) is 16.8. The van der Waals surface area contributed by atoms with Crippen LogP contribution in [0.5, 0.6) is 0 Å². The first kappa shape index (κ1) is 19.4. The quantitative estimate of drug-likeness (QED) is 0.689. The monoisotopic (exact) mass is 405 g/mol. The second kappa shape index (κ2) is 7.32. The SMILES string of the molecule is CCS(=O)(=O)c1ccc(Nc2cc3c(cn2)cc(Cl)c(=O)n3C(C)C)cc1. The highest BCUT2D eigenvalue weighted by atomic mass is 35.5. The summed E-state index contributed by atoms with van der Waals surface area (Å²) in [6.07, 6.45) is 1.65. The highest BCUT2D eigenvalue weighted by Gasteiger charge is 2.13. The molecule has 0 aliphatic rings. The Labute approximate surface area is 162 Å². The average Bonchev–Trinajstić information content (AvgIpc) is 2.63. The van der Waals surface area contributed by atoms with E-state index in [2.05, 4.69) is 10.3 Å². The molecule has 0 unspecified atom stereocenters. The van der Waals surface area contributed by atoms with Gasteiger partial charge in [-0.1, -0.05) is 18.5 Å². The van der Waals surface area contributed by atoms with Gasteiger partial charge in [0, 0.05) is 29.4 Å². The summed E-state index contributed by atoms with van der Waals surface area (Å²) >= 11 is 6.04. The molecule has 2 heterocycles. The molecule has 0 saturated heterocycles. The Balaban J connectivity index is 2.00. The molecular weight excluding hydrogens is 386 g/mol. The van der Waals surface area contributed by atoms with Crippen molar-refractivity contribution < 1.29 is 8.42 Å². The van der Waals surface area contributed by atoms with Gasteiger partial charge < -0.3 is 9.88 Å². The zero-order valence-electron chi connectivity index (χ0n) is 15.2. The first-order chi connectivity index (χ1) is 12.7. The Morgan fingerprint density at radius 1 is 1.19 bits per heavy atom. The van der Waals surface area contributed by atoms with Crippen molar-refractivity contribution in [1.82, 2.24) is 9.55 Å². The highest BCUT2D eigenvalue weighted by molar-refractivity contribution is 7.91. The van der Waals surface area contributed by atoms with Crippen LogP contribution in [0.3, 0.4) is 0 Å². The summed E-state index contributed by atoms with van der Waals surface area (Å²) in [6, 6.07) is 9.83. The summed E-state index contributed by atoms with van der Waals surface area (Å²) in [5, 5.41) is 4.06. The van der Waals surface area contributed by atoms with Crippen LogP contribution in [0.4, 0.5) is 11.5 Å². The Kier molecular flexibility index (Phi) is 5.26. The van der Waals surface area contributed by atoms with Gasteiger partial charge in [0.2, 0.25) is 0 Å². The van der Waals surface area contributed by atoms with Crippen molar-refractivity contribution in [2.75, 3.05) is 11.1 Å². The maximum Gasteiger partial charge on any atom is 0.270 e. The fraction of sp³-hybridized carbons (Fsp3) is 0.263. The van der Waals surface area contributed by atoms with Gasteiger partial charge in [-0.2, -0.15) is 0 Å². The highest BCUT2D eigenvalue weighted by Crippen LogP contribution is 2.24. The molecule has 142 valence electrons. The minimum Gasteiger partial charge on any atom is -0.340 e. The van der Waals surface area contributed by atoms with Gasteiger partial charge in [0.05, 0.1) is 16.2 Å². The van der Waals surface area contributed by atoms with Gasteiger partial charge >= 0.3 is 0 Å². The molecule has 0 aliphatic carbocycles. The van der Waals surface area contributed by atoms with Crippen LogP contribution in [0.25, 0.3) is 10.9 Å². The van der Waals surface area contributed by atoms with Gasteiger partial charge in [0.15, 0.2) is 9.84 Å². The van der Waals surface area contributed by atoms with Crippen LogP contribution in [0.1, 0.15) is 26.8 Å². The van der Waals surface area contributed by atoms with E-state index in [1.165, 1.54) is 0 Å². The van der Waals surface area contributed by atoms with Gasteiger partial charge in [-0.05, 0) is 44.2 Å². The number of nitrogens with one attached hydrogen (secondary N) is 1. The summed E-state index contributed by atoms with van der Waals surface area (Å²) in [7, 11) is -3.23. The smallest absolute Gasteiger partial charge is 0.270 e. The van der Waals surface area contributed by atoms with Gasteiger partial charge in [-0.3, -0.25) is 4.79 Å². The molecule has 0 atom stereocenters. The van der Waals surface area contributed by atoms with Crippen LogP contribution >= 0.6 is 11.6 Å². The second-order valence-corrected chi connectivity index (χ2v) is 9.13. The lowest BCUT2D eigenvalue weighted by molar-refractivity contribution is 0.597. The summed E-state index contributed by atoms with van der Waals surface area (Å²) in [4.78, 5) is 17.0. The molecule has 3 rings (SSSR count). The van der Waals surface area contributed by atoms with Crippen LogP contribution in [0.15, 0.2) is 52.3 Å². The maximum atomic E-state index is 12.4. The lowest BCUT2D eigenvalue weighted by Crippen LogP contribution is -2.22. The Morgan fingerprint density at radius 3 is 2.44 bits per heavy atom. The van der Waals surface area contributed by atoms with Crippen molar-refractivity contribution in [2.45, 2.75) is 31.7 Å². The van der Waals surface area contributed by atoms with Gasteiger partial charge in [0.25, 0.3) is 5.56 Å². The third-order valence-corrected chi connectivity index (χ3v) is 6.28. The molecule has 3 aromatic rings. The molecule has 8 heteroatoms. The van der Waals surface area contributed by atoms with Crippen LogP contribution in [-0.4, -0.2) is 23.7 Å². The van der Waals surface area contributed by atoms with Crippen LogP contribution < -0.4 is 10.9 Å². The number of benzene rings is 1. The minimum absolute atomic E-state index is 0.0568. The maximum absolute atomic E-state index is 12.4. The third kappa shape index (κ3) is 3.84. The van der Waals surface area contributed by atoms with E-state index in [9.17, 15) is 13.2 Å². The Hall–Kier alpha value is -2.38. The fourth-order valence-electron chi connectivity index (χ4n) is 2.84. The molecule has 0 amide bonds. The van der Waals surface area contributed by atoms with Gasteiger partial charge in [0.1, 0.15) is 10.8 Å². The zero-order chi connectivity index (χ0) is 19.8. The van der Waals surface area contributed by atoms with E-state index < -0.39 is 9.84 Å². The topological polar surface area (TPSA) is 81.1 Å². The number of fused-ring (bicyclic) bond motifs is 1. The molecule has 2 aromatic heterocycles. The van der Waals surface area contributed by atoms with E-state index in [-0.39, 0.29) is 27.3 Å². The van der Waals surface area contributed by atoms with E-state index >= 15 is 0 Å². The summed E-state index contributed by atoms with van der Waals surface area (Å²) in [6.45, 7) is 5.44. The fourth-order valence-corrected chi connectivity index (χ4v) is 3.93. The number of hydrogen-bond acceptors (Lipinski definition) is 5. The van der Waals surface area contributed by atoms with Crippen molar-refractivity contribution in [3.63, 3.8) is 0 Å². The number of nitrogens with zero attached hydrogens (tertiary/aromatic N) is 2. The van der Waals surface area contributed by atoms with E-state index in [4.69, 9.17) is 11.6 Å². The number of sulfone groups is 1. The molecule has 1 aromatic carbocycles. The first-order valence-corrected chi connectivity index (χ1v) is 10.6. The van der Waals surface area contributed by atoms with Gasteiger partial charge in [-0.15, -0.1) is 0 Å². The van der Waals surface area contributed by atoms with Crippen LogP contribution in [-0.2, 0) is 9.84 Å². The molecule has 27 heavy (non-hydrogen) atoms.